The van der Waals surface area contributed by atoms with E-state index in [-0.39, 0.29) is 16.9 Å². The van der Waals surface area contributed by atoms with Crippen LogP contribution in [0.1, 0.15) is 34.8 Å². The molecular weight excluding hydrogens is 394 g/mol. The van der Waals surface area contributed by atoms with Crippen LogP contribution in [-0.4, -0.2) is 18.9 Å². The van der Waals surface area contributed by atoms with Crippen molar-refractivity contribution in [3.05, 3.63) is 69.6 Å². The number of ether oxygens (including phenoxy) is 1. The van der Waals surface area contributed by atoms with E-state index in [9.17, 15) is 18.4 Å². The van der Waals surface area contributed by atoms with Crippen LogP contribution in [0, 0.1) is 0 Å². The summed E-state index contributed by atoms with van der Waals surface area (Å²) in [4.78, 5) is 25.1. The van der Waals surface area contributed by atoms with Crippen molar-refractivity contribution in [3.63, 3.8) is 0 Å². The number of anilines is 1. The quantitative estimate of drug-likeness (QED) is 0.539. The molecule has 1 aromatic heterocycles. The first-order chi connectivity index (χ1) is 14.4. The van der Waals surface area contributed by atoms with E-state index >= 15 is 0 Å². The van der Waals surface area contributed by atoms with Gasteiger partial charge in [0.05, 0.1) is 0 Å². The number of aryl methyl sites for hydroxylation is 1. The van der Waals surface area contributed by atoms with Gasteiger partial charge in [-0.2, -0.15) is 0 Å². The van der Waals surface area contributed by atoms with Gasteiger partial charge in [0.2, 0.25) is 0 Å². The number of amides is 1. The summed E-state index contributed by atoms with van der Waals surface area (Å²) >= 11 is 0. The van der Waals surface area contributed by atoms with Crippen molar-refractivity contribution in [2.45, 2.75) is 32.7 Å². The van der Waals surface area contributed by atoms with Gasteiger partial charge in [-0.05, 0) is 42.3 Å². The molecule has 0 saturated carbocycles. The van der Waals surface area contributed by atoms with Gasteiger partial charge in [-0.25, -0.2) is 13.6 Å². The summed E-state index contributed by atoms with van der Waals surface area (Å²) in [6.07, 6.45) is -1.46. The maximum absolute atomic E-state index is 12.6. The summed E-state index contributed by atoms with van der Waals surface area (Å²) in [7, 11) is 0. The SMILES string of the molecule is CCCc1c(OCC(F)F)ccc2cc(C(=O)Nc3ccc(CN)cc3)c(=O)oc12. The smallest absolute Gasteiger partial charge is 0.349 e. The van der Waals surface area contributed by atoms with Gasteiger partial charge in [0.25, 0.3) is 12.3 Å². The largest absolute Gasteiger partial charge is 0.487 e. The third-order valence-electron chi connectivity index (χ3n) is 4.52. The van der Waals surface area contributed by atoms with Crippen LogP contribution in [0.4, 0.5) is 14.5 Å². The molecule has 1 amide bonds. The second-order valence-corrected chi connectivity index (χ2v) is 6.72. The van der Waals surface area contributed by atoms with Crippen molar-refractivity contribution >= 4 is 22.6 Å². The van der Waals surface area contributed by atoms with Crippen LogP contribution in [0.3, 0.4) is 0 Å². The van der Waals surface area contributed by atoms with Gasteiger partial charge in [0, 0.05) is 23.2 Å². The lowest BCUT2D eigenvalue weighted by molar-refractivity contribution is 0.0814. The first-order valence-corrected chi connectivity index (χ1v) is 9.54. The molecule has 30 heavy (non-hydrogen) atoms. The van der Waals surface area contributed by atoms with E-state index in [0.717, 1.165) is 5.56 Å². The number of carbonyl (C=O) groups excluding carboxylic acids is 1. The number of halogens is 2. The molecule has 6 nitrogen and oxygen atoms in total. The highest BCUT2D eigenvalue weighted by molar-refractivity contribution is 6.05. The second-order valence-electron chi connectivity index (χ2n) is 6.72. The zero-order valence-electron chi connectivity index (χ0n) is 16.4. The molecule has 0 unspecified atom stereocenters. The highest BCUT2D eigenvalue weighted by Crippen LogP contribution is 2.29. The third kappa shape index (κ3) is 4.83. The Morgan fingerprint density at radius 2 is 1.93 bits per heavy atom. The van der Waals surface area contributed by atoms with Crippen molar-refractivity contribution in [3.8, 4) is 5.75 Å². The fourth-order valence-corrected chi connectivity index (χ4v) is 3.08. The minimum absolute atomic E-state index is 0.158. The molecule has 0 bridgehead atoms. The zero-order valence-corrected chi connectivity index (χ0v) is 16.4. The Labute approximate surface area is 171 Å². The molecule has 158 valence electrons. The molecule has 0 radical (unpaired) electrons. The number of hydrogen-bond acceptors (Lipinski definition) is 5. The zero-order chi connectivity index (χ0) is 21.7. The van der Waals surface area contributed by atoms with Gasteiger partial charge < -0.3 is 20.2 Å². The van der Waals surface area contributed by atoms with Crippen molar-refractivity contribution in [2.75, 3.05) is 11.9 Å². The molecule has 0 fully saturated rings. The van der Waals surface area contributed by atoms with E-state index in [2.05, 4.69) is 5.32 Å². The van der Waals surface area contributed by atoms with Gasteiger partial charge in [0.1, 0.15) is 23.5 Å². The van der Waals surface area contributed by atoms with Crippen LogP contribution in [0.2, 0.25) is 0 Å². The van der Waals surface area contributed by atoms with Crippen molar-refractivity contribution in [1.82, 2.24) is 0 Å². The van der Waals surface area contributed by atoms with Gasteiger partial charge in [-0.3, -0.25) is 4.79 Å². The number of nitrogens with two attached hydrogens (primary N) is 1. The molecule has 0 saturated heterocycles. The molecule has 0 spiro atoms. The highest BCUT2D eigenvalue weighted by atomic mass is 19.3. The topological polar surface area (TPSA) is 94.6 Å². The Morgan fingerprint density at radius 1 is 1.20 bits per heavy atom. The van der Waals surface area contributed by atoms with E-state index in [1.54, 1.807) is 36.4 Å². The first-order valence-electron chi connectivity index (χ1n) is 9.54. The molecule has 3 N–H and O–H groups in total. The summed E-state index contributed by atoms with van der Waals surface area (Å²) < 4.78 is 35.7. The van der Waals surface area contributed by atoms with Crippen LogP contribution in [-0.2, 0) is 13.0 Å². The summed E-state index contributed by atoms with van der Waals surface area (Å²) in [6, 6.07) is 11.5. The Hall–Kier alpha value is -3.26. The normalized spacial score (nSPS) is 11.1. The Balaban J connectivity index is 1.94. The number of rotatable bonds is 8. The van der Waals surface area contributed by atoms with E-state index < -0.39 is 24.6 Å². The Kier molecular flexibility index (Phi) is 6.79. The maximum Gasteiger partial charge on any atom is 0.349 e. The predicted molar refractivity (Wildman–Crippen MR) is 110 cm³/mol. The maximum atomic E-state index is 12.6. The molecule has 0 aliphatic rings. The number of hydrogen-bond donors (Lipinski definition) is 2. The van der Waals surface area contributed by atoms with Crippen LogP contribution >= 0.6 is 0 Å². The summed E-state index contributed by atoms with van der Waals surface area (Å²) in [5.41, 5.74) is 6.76. The lowest BCUT2D eigenvalue weighted by Gasteiger charge is -2.13. The van der Waals surface area contributed by atoms with Crippen LogP contribution in [0.5, 0.6) is 5.75 Å². The summed E-state index contributed by atoms with van der Waals surface area (Å²) in [6.45, 7) is 1.53. The van der Waals surface area contributed by atoms with Gasteiger partial charge in [0.15, 0.2) is 0 Å². The van der Waals surface area contributed by atoms with E-state index in [1.165, 1.54) is 6.07 Å². The number of alkyl halides is 2. The Bertz CT molecular complexity index is 1090. The molecular formula is C22H22F2N2O4. The van der Waals surface area contributed by atoms with Crippen molar-refractivity contribution < 1.29 is 22.7 Å². The van der Waals surface area contributed by atoms with Crippen LogP contribution < -0.4 is 21.4 Å². The monoisotopic (exact) mass is 416 g/mol. The molecule has 0 atom stereocenters. The lowest BCUT2D eigenvalue weighted by atomic mass is 10.0. The minimum Gasteiger partial charge on any atom is -0.487 e. The molecule has 8 heteroatoms. The minimum atomic E-state index is -2.62. The van der Waals surface area contributed by atoms with Gasteiger partial charge in [-0.15, -0.1) is 0 Å². The molecule has 2 aromatic carbocycles. The second kappa shape index (κ2) is 9.49. The fraction of sp³-hybridized carbons (Fsp3) is 0.273. The average molecular weight is 416 g/mol. The Morgan fingerprint density at radius 3 is 2.57 bits per heavy atom. The fourth-order valence-electron chi connectivity index (χ4n) is 3.08. The van der Waals surface area contributed by atoms with Gasteiger partial charge >= 0.3 is 5.63 Å². The average Bonchev–Trinajstić information content (AvgIpc) is 2.73. The van der Waals surface area contributed by atoms with Crippen molar-refractivity contribution in [2.24, 2.45) is 5.73 Å². The molecule has 0 aliphatic carbocycles. The number of carbonyl (C=O) groups is 1. The molecule has 1 heterocycles. The molecule has 0 aliphatic heterocycles. The number of nitrogens with one attached hydrogen (secondary N) is 1. The molecule has 3 rings (SSSR count). The number of benzene rings is 2. The van der Waals surface area contributed by atoms with E-state index in [4.69, 9.17) is 14.9 Å². The van der Waals surface area contributed by atoms with Crippen LogP contribution in [0.15, 0.2) is 51.7 Å². The highest BCUT2D eigenvalue weighted by Gasteiger charge is 2.18. The van der Waals surface area contributed by atoms with E-state index in [1.807, 2.05) is 6.92 Å². The predicted octanol–water partition coefficient (Wildman–Crippen LogP) is 4.10. The standard InChI is InChI=1S/C22H22F2N2O4/c1-2-3-16-18(29-12-19(23)24)9-6-14-10-17(22(28)30-20(14)16)21(27)26-15-7-4-13(11-25)5-8-15/h4-10,19H,2-3,11-12,25H2,1H3,(H,26,27). The first kappa shape index (κ1) is 21.4. The lowest BCUT2D eigenvalue weighted by Crippen LogP contribution is -2.21. The molecule has 3 aromatic rings. The van der Waals surface area contributed by atoms with Crippen molar-refractivity contribution in [1.29, 1.82) is 0 Å². The number of fused-ring (bicyclic) bond motifs is 1. The van der Waals surface area contributed by atoms with Gasteiger partial charge in [-0.1, -0.05) is 25.5 Å². The summed E-state index contributed by atoms with van der Waals surface area (Å²) in [5.74, 6) is -0.369. The summed E-state index contributed by atoms with van der Waals surface area (Å²) in [5, 5.41) is 3.16. The third-order valence-corrected chi connectivity index (χ3v) is 4.52. The van der Waals surface area contributed by atoms with E-state index in [0.29, 0.717) is 36.0 Å². The van der Waals surface area contributed by atoms with Crippen LogP contribution in [0.25, 0.3) is 11.0 Å².